The highest BCUT2D eigenvalue weighted by atomic mass is 16.5. The molecule has 0 bridgehead atoms. The van der Waals surface area contributed by atoms with Crippen LogP contribution in [0.2, 0.25) is 0 Å². The maximum absolute atomic E-state index is 12.1. The van der Waals surface area contributed by atoms with Crippen LogP contribution in [0.5, 0.6) is 0 Å². The van der Waals surface area contributed by atoms with E-state index in [1.807, 2.05) is 23.1 Å². The van der Waals surface area contributed by atoms with E-state index in [0.29, 0.717) is 31.8 Å². The molecule has 1 aliphatic heterocycles. The molecular weight excluding hydrogens is 310 g/mol. The Morgan fingerprint density at radius 2 is 1.92 bits per heavy atom. The summed E-state index contributed by atoms with van der Waals surface area (Å²) in [6.07, 6.45) is 0.808. The summed E-state index contributed by atoms with van der Waals surface area (Å²) in [4.78, 5) is 27.7. The average molecular weight is 335 g/mol. The number of piperazine rings is 1. The van der Waals surface area contributed by atoms with Gasteiger partial charge in [0.2, 0.25) is 0 Å². The molecule has 0 radical (unpaired) electrons. The molecule has 0 aliphatic carbocycles. The van der Waals surface area contributed by atoms with Crippen LogP contribution >= 0.6 is 0 Å². The second-order valence-electron chi connectivity index (χ2n) is 5.59. The van der Waals surface area contributed by atoms with Gasteiger partial charge in [-0.05, 0) is 24.6 Å². The van der Waals surface area contributed by atoms with E-state index in [4.69, 9.17) is 9.47 Å². The maximum atomic E-state index is 12.1. The van der Waals surface area contributed by atoms with Gasteiger partial charge in [0.25, 0.3) is 0 Å². The molecule has 7 heteroatoms. The number of amides is 2. The Morgan fingerprint density at radius 1 is 1.17 bits per heavy atom. The highest BCUT2D eigenvalue weighted by molar-refractivity contribution is 5.90. The fourth-order valence-electron chi connectivity index (χ4n) is 2.64. The van der Waals surface area contributed by atoms with Crippen LogP contribution in [0.25, 0.3) is 0 Å². The monoisotopic (exact) mass is 335 g/mol. The molecule has 1 fully saturated rings. The summed E-state index contributed by atoms with van der Waals surface area (Å²) in [5.74, 6) is -0.342. The molecule has 2 amide bonds. The predicted octanol–water partition coefficient (Wildman–Crippen LogP) is 1.34. The van der Waals surface area contributed by atoms with Gasteiger partial charge < -0.3 is 24.6 Å². The van der Waals surface area contributed by atoms with E-state index in [0.717, 1.165) is 25.2 Å². The Morgan fingerprint density at radius 3 is 2.58 bits per heavy atom. The van der Waals surface area contributed by atoms with E-state index in [9.17, 15) is 9.59 Å². The molecular formula is C17H25N3O4. The van der Waals surface area contributed by atoms with Crippen LogP contribution in [0.15, 0.2) is 24.3 Å². The minimum Gasteiger partial charge on any atom is -0.465 e. The van der Waals surface area contributed by atoms with Gasteiger partial charge in [-0.15, -0.1) is 0 Å². The molecule has 2 rings (SSSR count). The van der Waals surface area contributed by atoms with Crippen molar-refractivity contribution in [1.29, 1.82) is 0 Å². The highest BCUT2D eigenvalue weighted by Crippen LogP contribution is 2.18. The Bertz CT molecular complexity index is 557. The van der Waals surface area contributed by atoms with E-state index < -0.39 is 0 Å². The van der Waals surface area contributed by atoms with Crippen molar-refractivity contribution in [3.63, 3.8) is 0 Å². The quantitative estimate of drug-likeness (QED) is 0.627. The summed E-state index contributed by atoms with van der Waals surface area (Å²) in [7, 11) is 3.02. The maximum Gasteiger partial charge on any atom is 0.337 e. The first-order chi connectivity index (χ1) is 11.7. The zero-order chi connectivity index (χ0) is 17.4. The minimum atomic E-state index is -0.342. The number of hydrogen-bond acceptors (Lipinski definition) is 5. The van der Waals surface area contributed by atoms with Crippen LogP contribution in [0.3, 0.4) is 0 Å². The van der Waals surface area contributed by atoms with E-state index >= 15 is 0 Å². The number of anilines is 1. The number of carbonyl (C=O) groups is 2. The van der Waals surface area contributed by atoms with Gasteiger partial charge in [0.15, 0.2) is 0 Å². The van der Waals surface area contributed by atoms with E-state index in [2.05, 4.69) is 10.2 Å². The molecule has 1 aromatic carbocycles. The number of benzene rings is 1. The summed E-state index contributed by atoms with van der Waals surface area (Å²) >= 11 is 0. The molecule has 0 aromatic heterocycles. The van der Waals surface area contributed by atoms with Crippen LogP contribution in [-0.2, 0) is 9.47 Å². The second-order valence-corrected chi connectivity index (χ2v) is 5.59. The first-order valence-electron chi connectivity index (χ1n) is 8.10. The molecule has 1 aliphatic rings. The third-order valence-electron chi connectivity index (χ3n) is 4.00. The minimum absolute atomic E-state index is 0.0333. The predicted molar refractivity (Wildman–Crippen MR) is 91.5 cm³/mol. The van der Waals surface area contributed by atoms with Crippen LogP contribution < -0.4 is 10.2 Å². The van der Waals surface area contributed by atoms with Crippen molar-refractivity contribution < 1.29 is 19.1 Å². The average Bonchev–Trinajstić information content (AvgIpc) is 2.64. The lowest BCUT2D eigenvalue weighted by atomic mass is 10.1. The van der Waals surface area contributed by atoms with Gasteiger partial charge in [-0.2, -0.15) is 0 Å². The molecule has 1 saturated heterocycles. The lowest BCUT2D eigenvalue weighted by Crippen LogP contribution is -2.52. The number of nitrogens with one attached hydrogen (secondary N) is 1. The number of urea groups is 1. The van der Waals surface area contributed by atoms with Crippen LogP contribution in [0, 0.1) is 0 Å². The number of hydrogen-bond donors (Lipinski definition) is 1. The molecule has 132 valence electrons. The summed E-state index contributed by atoms with van der Waals surface area (Å²) in [6, 6.07) is 7.34. The van der Waals surface area contributed by atoms with Crippen molar-refractivity contribution in [2.24, 2.45) is 0 Å². The largest absolute Gasteiger partial charge is 0.465 e. The van der Waals surface area contributed by atoms with Gasteiger partial charge in [0.1, 0.15) is 0 Å². The first-order valence-corrected chi connectivity index (χ1v) is 8.10. The number of ether oxygens (including phenoxy) is 2. The molecule has 0 spiro atoms. The molecule has 0 unspecified atom stereocenters. The Labute approximate surface area is 142 Å². The fraction of sp³-hybridized carbons (Fsp3) is 0.529. The summed E-state index contributed by atoms with van der Waals surface area (Å²) < 4.78 is 9.72. The molecule has 0 atom stereocenters. The number of methoxy groups -OCH3 is 2. The number of rotatable bonds is 6. The van der Waals surface area contributed by atoms with Crippen molar-refractivity contribution in [2.45, 2.75) is 6.42 Å². The van der Waals surface area contributed by atoms with Crippen molar-refractivity contribution in [3.8, 4) is 0 Å². The highest BCUT2D eigenvalue weighted by Gasteiger charge is 2.21. The molecule has 1 aromatic rings. The van der Waals surface area contributed by atoms with Gasteiger partial charge in [-0.3, -0.25) is 0 Å². The lowest BCUT2D eigenvalue weighted by Gasteiger charge is -2.36. The summed E-state index contributed by atoms with van der Waals surface area (Å²) in [6.45, 7) is 4.03. The molecule has 0 saturated carbocycles. The van der Waals surface area contributed by atoms with E-state index in [-0.39, 0.29) is 12.0 Å². The fourth-order valence-corrected chi connectivity index (χ4v) is 2.64. The van der Waals surface area contributed by atoms with Crippen molar-refractivity contribution >= 4 is 17.7 Å². The zero-order valence-corrected chi connectivity index (χ0v) is 14.3. The number of esters is 1. The van der Waals surface area contributed by atoms with E-state index in [1.54, 1.807) is 13.2 Å². The third-order valence-corrected chi connectivity index (χ3v) is 4.00. The Hall–Kier alpha value is -2.28. The van der Waals surface area contributed by atoms with Crippen LogP contribution in [0.4, 0.5) is 10.5 Å². The summed E-state index contributed by atoms with van der Waals surface area (Å²) in [5.41, 5.74) is 1.51. The Balaban J connectivity index is 1.84. The van der Waals surface area contributed by atoms with Gasteiger partial charge in [0.05, 0.1) is 12.7 Å². The third kappa shape index (κ3) is 4.86. The molecule has 24 heavy (non-hydrogen) atoms. The number of carbonyl (C=O) groups excluding carboxylic acids is 2. The van der Waals surface area contributed by atoms with E-state index in [1.165, 1.54) is 7.11 Å². The molecule has 1 heterocycles. The van der Waals surface area contributed by atoms with Gasteiger partial charge >= 0.3 is 12.0 Å². The topological polar surface area (TPSA) is 71.1 Å². The smallest absolute Gasteiger partial charge is 0.337 e. The van der Waals surface area contributed by atoms with Gasteiger partial charge in [-0.1, -0.05) is 6.07 Å². The SMILES string of the molecule is COCCCNC(=O)N1CCN(c2cccc(C(=O)OC)c2)CC1. The molecule has 7 nitrogen and oxygen atoms in total. The summed E-state index contributed by atoms with van der Waals surface area (Å²) in [5, 5.41) is 2.90. The van der Waals surface area contributed by atoms with Crippen molar-refractivity contribution in [1.82, 2.24) is 10.2 Å². The van der Waals surface area contributed by atoms with Gasteiger partial charge in [0, 0.05) is 52.1 Å². The van der Waals surface area contributed by atoms with Crippen molar-refractivity contribution in [3.05, 3.63) is 29.8 Å². The number of nitrogens with zero attached hydrogens (tertiary/aromatic N) is 2. The standard InChI is InChI=1S/C17H25N3O4/c1-23-12-4-7-18-17(22)20-10-8-19(9-11-20)15-6-3-5-14(13-15)16(21)24-2/h3,5-6,13H,4,7-12H2,1-2H3,(H,18,22). The van der Waals surface area contributed by atoms with Gasteiger partial charge in [-0.25, -0.2) is 9.59 Å². The second kappa shape index (κ2) is 9.12. The normalized spacial score (nSPS) is 14.4. The zero-order valence-electron chi connectivity index (χ0n) is 14.3. The van der Waals surface area contributed by atoms with Crippen molar-refractivity contribution in [2.75, 3.05) is 58.5 Å². The first kappa shape index (κ1) is 18.1. The van der Waals surface area contributed by atoms with Crippen LogP contribution in [0.1, 0.15) is 16.8 Å². The molecule has 1 N–H and O–H groups in total. The van der Waals surface area contributed by atoms with Crippen LogP contribution in [-0.4, -0.2) is 70.5 Å². The Kier molecular flexibility index (Phi) is 6.87. The lowest BCUT2D eigenvalue weighted by molar-refractivity contribution is 0.0600.